The Hall–Kier alpha value is -2.82. The molecule has 0 saturated heterocycles. The fraction of sp³-hybridized carbons (Fsp3) is 0.333. The van der Waals surface area contributed by atoms with Crippen LogP contribution in [0.4, 0.5) is 5.69 Å². The summed E-state index contributed by atoms with van der Waals surface area (Å²) >= 11 is 0. The van der Waals surface area contributed by atoms with Crippen molar-refractivity contribution in [2.24, 2.45) is 0 Å². The number of carbonyl (C=O) groups excluding carboxylic acids is 1. The van der Waals surface area contributed by atoms with Gasteiger partial charge in [-0.15, -0.1) is 0 Å². The predicted molar refractivity (Wildman–Crippen MR) is 106 cm³/mol. The molecule has 1 N–H and O–H groups in total. The molecule has 0 fully saturated rings. The summed E-state index contributed by atoms with van der Waals surface area (Å²) in [5.41, 5.74) is 3.41. The van der Waals surface area contributed by atoms with Crippen LogP contribution in [0.15, 0.2) is 53.3 Å². The Balaban J connectivity index is 1.91. The number of aryl methyl sites for hydroxylation is 1. The monoisotopic (exact) mass is 351 g/mol. The third kappa shape index (κ3) is 3.43. The van der Waals surface area contributed by atoms with E-state index in [1.165, 1.54) is 0 Å². The summed E-state index contributed by atoms with van der Waals surface area (Å²) in [5.74, 6) is 0.111. The van der Waals surface area contributed by atoms with Gasteiger partial charge in [0.2, 0.25) is 5.91 Å². The van der Waals surface area contributed by atoms with Gasteiger partial charge in [-0.1, -0.05) is 51.1 Å². The van der Waals surface area contributed by atoms with Crippen LogP contribution < -0.4 is 11.0 Å². The van der Waals surface area contributed by atoms with E-state index in [0.717, 1.165) is 28.7 Å². The highest BCUT2D eigenvalue weighted by molar-refractivity contribution is 5.92. The van der Waals surface area contributed by atoms with Gasteiger partial charge in [0.25, 0.3) is 0 Å². The second-order valence-electron chi connectivity index (χ2n) is 6.80. The third-order valence-electron chi connectivity index (χ3n) is 4.53. The van der Waals surface area contributed by atoms with Crippen LogP contribution in [0.1, 0.15) is 38.7 Å². The molecule has 0 aliphatic carbocycles. The van der Waals surface area contributed by atoms with Crippen molar-refractivity contribution < 1.29 is 4.79 Å². The first-order valence-electron chi connectivity index (χ1n) is 9.09. The summed E-state index contributed by atoms with van der Waals surface area (Å²) < 4.78 is 3.29. The summed E-state index contributed by atoms with van der Waals surface area (Å²) in [6.45, 7) is 6.86. The zero-order valence-electron chi connectivity index (χ0n) is 15.5. The van der Waals surface area contributed by atoms with Gasteiger partial charge < -0.3 is 5.32 Å². The topological polar surface area (TPSA) is 56.0 Å². The van der Waals surface area contributed by atoms with Gasteiger partial charge in [-0.3, -0.25) is 13.9 Å². The number of carbonyl (C=O) groups is 1. The number of rotatable bonds is 6. The van der Waals surface area contributed by atoms with Crippen molar-refractivity contribution in [2.45, 2.75) is 46.2 Å². The van der Waals surface area contributed by atoms with Crippen molar-refractivity contribution >= 4 is 22.6 Å². The number of nitrogens with zero attached hydrogens (tertiary/aromatic N) is 2. The van der Waals surface area contributed by atoms with Crippen LogP contribution in [0, 0.1) is 0 Å². The number of aromatic nitrogens is 2. The van der Waals surface area contributed by atoms with E-state index in [2.05, 4.69) is 19.2 Å². The number of para-hydroxylation sites is 3. The van der Waals surface area contributed by atoms with Gasteiger partial charge in [0.1, 0.15) is 6.54 Å². The Kier molecular flexibility index (Phi) is 5.26. The molecule has 3 aromatic rings. The van der Waals surface area contributed by atoms with Crippen LogP contribution in [0.2, 0.25) is 0 Å². The van der Waals surface area contributed by atoms with Gasteiger partial charge in [-0.05, 0) is 36.1 Å². The standard InChI is InChI=1S/C21H25N3O2/c1-4-13-23-18-11-7-8-12-19(18)24(21(23)26)14-20(25)22-17-10-6-5-9-16(17)15(2)3/h5-12,15H,4,13-14H2,1-3H3,(H,22,25). The van der Waals surface area contributed by atoms with Crippen molar-refractivity contribution in [3.8, 4) is 0 Å². The fourth-order valence-corrected chi connectivity index (χ4v) is 3.31. The van der Waals surface area contributed by atoms with Crippen LogP contribution in [-0.2, 0) is 17.9 Å². The first kappa shape index (κ1) is 18.0. The number of anilines is 1. The molecule has 136 valence electrons. The van der Waals surface area contributed by atoms with E-state index in [4.69, 9.17) is 0 Å². The van der Waals surface area contributed by atoms with Crippen molar-refractivity contribution in [2.75, 3.05) is 5.32 Å². The minimum Gasteiger partial charge on any atom is -0.324 e. The molecule has 26 heavy (non-hydrogen) atoms. The zero-order valence-corrected chi connectivity index (χ0v) is 15.5. The Bertz CT molecular complexity index is 982. The van der Waals surface area contributed by atoms with Crippen molar-refractivity contribution in [1.29, 1.82) is 0 Å². The molecule has 0 aliphatic rings. The number of benzene rings is 2. The lowest BCUT2D eigenvalue weighted by Crippen LogP contribution is -2.29. The number of hydrogen-bond donors (Lipinski definition) is 1. The van der Waals surface area contributed by atoms with Crippen LogP contribution in [0.25, 0.3) is 11.0 Å². The van der Waals surface area contributed by atoms with Crippen LogP contribution in [0.3, 0.4) is 0 Å². The van der Waals surface area contributed by atoms with Crippen LogP contribution in [0.5, 0.6) is 0 Å². The van der Waals surface area contributed by atoms with Crippen molar-refractivity contribution in [3.05, 3.63) is 64.6 Å². The quantitative estimate of drug-likeness (QED) is 0.730. The van der Waals surface area contributed by atoms with Crippen molar-refractivity contribution in [3.63, 3.8) is 0 Å². The molecule has 1 amide bonds. The first-order chi connectivity index (χ1) is 12.5. The first-order valence-corrected chi connectivity index (χ1v) is 9.09. The van der Waals surface area contributed by atoms with E-state index in [9.17, 15) is 9.59 Å². The van der Waals surface area contributed by atoms with Gasteiger partial charge >= 0.3 is 5.69 Å². The van der Waals surface area contributed by atoms with E-state index < -0.39 is 0 Å². The van der Waals surface area contributed by atoms with Gasteiger partial charge in [-0.2, -0.15) is 0 Å². The molecule has 0 spiro atoms. The summed E-state index contributed by atoms with van der Waals surface area (Å²) in [6.07, 6.45) is 0.863. The van der Waals surface area contributed by atoms with Gasteiger partial charge in [0.15, 0.2) is 0 Å². The smallest absolute Gasteiger partial charge is 0.324 e. The molecular formula is C21H25N3O2. The van der Waals surface area contributed by atoms with Crippen LogP contribution >= 0.6 is 0 Å². The maximum Gasteiger partial charge on any atom is 0.329 e. The Morgan fingerprint density at radius 3 is 2.27 bits per heavy atom. The average Bonchev–Trinajstić information content (AvgIpc) is 2.88. The molecule has 1 heterocycles. The second-order valence-corrected chi connectivity index (χ2v) is 6.80. The van der Waals surface area contributed by atoms with E-state index in [-0.39, 0.29) is 18.1 Å². The molecule has 0 radical (unpaired) electrons. The highest BCUT2D eigenvalue weighted by Gasteiger charge is 2.16. The molecule has 0 saturated carbocycles. The van der Waals surface area contributed by atoms with Gasteiger partial charge in [0, 0.05) is 12.2 Å². The fourth-order valence-electron chi connectivity index (χ4n) is 3.31. The molecule has 5 nitrogen and oxygen atoms in total. The van der Waals surface area contributed by atoms with Gasteiger partial charge in [0.05, 0.1) is 11.0 Å². The molecule has 5 heteroatoms. The van der Waals surface area contributed by atoms with Crippen molar-refractivity contribution in [1.82, 2.24) is 9.13 Å². The largest absolute Gasteiger partial charge is 0.329 e. The maximum absolute atomic E-state index is 12.8. The van der Waals surface area contributed by atoms with E-state index in [1.54, 1.807) is 9.13 Å². The van der Waals surface area contributed by atoms with E-state index in [1.807, 2.05) is 55.5 Å². The number of fused-ring (bicyclic) bond motifs is 1. The Morgan fingerprint density at radius 1 is 1.00 bits per heavy atom. The zero-order chi connectivity index (χ0) is 18.7. The normalized spacial score (nSPS) is 11.2. The molecule has 0 unspecified atom stereocenters. The van der Waals surface area contributed by atoms with Crippen LogP contribution in [-0.4, -0.2) is 15.0 Å². The molecule has 2 aromatic carbocycles. The molecule has 3 rings (SSSR count). The minimum atomic E-state index is -0.195. The molecular weight excluding hydrogens is 326 g/mol. The number of imidazole rings is 1. The van der Waals surface area contributed by atoms with Gasteiger partial charge in [-0.25, -0.2) is 4.79 Å². The average molecular weight is 351 g/mol. The third-order valence-corrected chi connectivity index (χ3v) is 4.53. The molecule has 1 aromatic heterocycles. The Labute approximate surface area is 153 Å². The minimum absolute atomic E-state index is 0.00247. The summed E-state index contributed by atoms with van der Waals surface area (Å²) in [4.78, 5) is 25.4. The highest BCUT2D eigenvalue weighted by Crippen LogP contribution is 2.23. The number of nitrogens with one attached hydrogen (secondary N) is 1. The predicted octanol–water partition coefficient (Wildman–Crippen LogP) is 3.98. The maximum atomic E-state index is 12.8. The summed E-state index contributed by atoms with van der Waals surface area (Å²) in [7, 11) is 0. The van der Waals surface area contributed by atoms with E-state index >= 15 is 0 Å². The lowest BCUT2D eigenvalue weighted by Gasteiger charge is -2.13. The highest BCUT2D eigenvalue weighted by atomic mass is 16.2. The summed E-state index contributed by atoms with van der Waals surface area (Å²) in [5, 5.41) is 2.97. The lowest BCUT2D eigenvalue weighted by atomic mass is 10.0. The number of amides is 1. The number of hydrogen-bond acceptors (Lipinski definition) is 2. The SMILES string of the molecule is CCCn1c(=O)n(CC(=O)Nc2ccccc2C(C)C)c2ccccc21. The second kappa shape index (κ2) is 7.60. The summed E-state index contributed by atoms with van der Waals surface area (Å²) in [6, 6.07) is 15.4. The molecule has 0 aliphatic heterocycles. The lowest BCUT2D eigenvalue weighted by molar-refractivity contribution is -0.116. The van der Waals surface area contributed by atoms with E-state index in [0.29, 0.717) is 12.5 Å². The molecule has 0 bridgehead atoms. The Morgan fingerprint density at radius 2 is 1.62 bits per heavy atom. The molecule has 0 atom stereocenters.